The molecule has 0 bridgehead atoms. The maximum absolute atomic E-state index is 5.89. The molecule has 0 aliphatic carbocycles. The Kier molecular flexibility index (Phi) is 8.49. The van der Waals surface area contributed by atoms with Gasteiger partial charge in [0.2, 0.25) is 0 Å². The number of nitrogens with zero attached hydrogens (tertiary/aromatic N) is 1. The summed E-state index contributed by atoms with van der Waals surface area (Å²) >= 11 is 5.89. The van der Waals surface area contributed by atoms with Crippen molar-refractivity contribution in [2.24, 2.45) is 10.4 Å². The third-order valence-corrected chi connectivity index (χ3v) is 3.74. The number of hydrogen-bond donors (Lipinski definition) is 2. The van der Waals surface area contributed by atoms with E-state index in [0.29, 0.717) is 0 Å². The summed E-state index contributed by atoms with van der Waals surface area (Å²) in [6.45, 7) is 8.40. The Labute approximate surface area is 155 Å². The van der Waals surface area contributed by atoms with Gasteiger partial charge in [0.05, 0.1) is 19.8 Å². The predicted molar refractivity (Wildman–Crippen MR) is 103 cm³/mol. The van der Waals surface area contributed by atoms with Crippen molar-refractivity contribution in [2.45, 2.75) is 20.3 Å². The van der Waals surface area contributed by atoms with Crippen molar-refractivity contribution in [2.75, 3.05) is 32.8 Å². The lowest BCUT2D eigenvalue weighted by molar-refractivity contribution is -0.0945. The average Bonchev–Trinajstić information content (AvgIpc) is 2.45. The van der Waals surface area contributed by atoms with Gasteiger partial charge in [0.15, 0.2) is 5.96 Å². The van der Waals surface area contributed by atoms with Gasteiger partial charge in [-0.05, 0) is 31.0 Å². The van der Waals surface area contributed by atoms with Crippen molar-refractivity contribution >= 4 is 41.5 Å². The van der Waals surface area contributed by atoms with Crippen LogP contribution >= 0.6 is 35.6 Å². The quantitative estimate of drug-likeness (QED) is 0.408. The number of aliphatic imine (C=N–C) groups is 1. The Hall–Kier alpha value is -0.530. The first-order valence-electron chi connectivity index (χ1n) is 7.46. The van der Waals surface area contributed by atoms with Crippen LogP contribution in [0.5, 0.6) is 0 Å². The molecule has 0 amide bonds. The number of ether oxygens (including phenoxy) is 1. The van der Waals surface area contributed by atoms with Gasteiger partial charge in [0.25, 0.3) is 0 Å². The lowest BCUT2D eigenvalue weighted by Crippen LogP contribution is -2.44. The number of halogens is 2. The van der Waals surface area contributed by atoms with Crippen LogP contribution in [-0.4, -0.2) is 38.8 Å². The molecule has 4 nitrogen and oxygen atoms in total. The van der Waals surface area contributed by atoms with Gasteiger partial charge in [-0.15, -0.1) is 24.0 Å². The molecule has 2 rings (SSSR count). The molecule has 1 aromatic carbocycles. The van der Waals surface area contributed by atoms with Crippen LogP contribution in [0.15, 0.2) is 29.3 Å². The zero-order valence-electron chi connectivity index (χ0n) is 13.2. The van der Waals surface area contributed by atoms with E-state index in [-0.39, 0.29) is 29.4 Å². The van der Waals surface area contributed by atoms with Gasteiger partial charge in [-0.25, -0.2) is 0 Å². The van der Waals surface area contributed by atoms with Crippen molar-refractivity contribution in [1.29, 1.82) is 0 Å². The number of nitrogens with one attached hydrogen (secondary N) is 2. The van der Waals surface area contributed by atoms with E-state index in [0.717, 1.165) is 50.3 Å². The normalized spacial score (nSPS) is 16.4. The summed E-state index contributed by atoms with van der Waals surface area (Å²) in [5.74, 6) is 0.875. The maximum atomic E-state index is 5.89. The predicted octanol–water partition coefficient (Wildman–Crippen LogP) is 3.09. The Morgan fingerprint density at radius 3 is 2.50 bits per heavy atom. The van der Waals surface area contributed by atoms with Crippen molar-refractivity contribution in [3.63, 3.8) is 0 Å². The third-order valence-electron chi connectivity index (χ3n) is 3.48. The summed E-state index contributed by atoms with van der Waals surface area (Å²) in [6, 6.07) is 7.96. The lowest BCUT2D eigenvalue weighted by Gasteiger charge is -2.36. The van der Waals surface area contributed by atoms with Crippen molar-refractivity contribution < 1.29 is 4.74 Å². The van der Waals surface area contributed by atoms with Gasteiger partial charge in [0.1, 0.15) is 0 Å². The zero-order valence-corrected chi connectivity index (χ0v) is 16.3. The molecule has 124 valence electrons. The Bertz CT molecular complexity index is 475. The molecule has 0 spiro atoms. The number of rotatable bonds is 6. The van der Waals surface area contributed by atoms with E-state index in [2.05, 4.69) is 41.6 Å². The number of benzene rings is 1. The van der Waals surface area contributed by atoms with Crippen LogP contribution in [0.2, 0.25) is 5.02 Å². The second-order valence-electron chi connectivity index (χ2n) is 5.80. The first-order chi connectivity index (χ1) is 10.1. The molecule has 1 heterocycles. The zero-order chi connectivity index (χ0) is 15.1. The first-order valence-corrected chi connectivity index (χ1v) is 7.83. The second kappa shape index (κ2) is 9.57. The second-order valence-corrected chi connectivity index (χ2v) is 6.24. The standard InChI is InChI=1S/C16H24ClN3O.HI/c1-3-18-15(20-10-16(2)11-21-12-16)19-9-8-13-4-6-14(17)7-5-13;/h4-7H,3,8-12H2,1-2H3,(H2,18,19,20);1H. The van der Waals surface area contributed by atoms with Crippen LogP contribution in [0.25, 0.3) is 0 Å². The third kappa shape index (κ3) is 6.30. The van der Waals surface area contributed by atoms with Crippen LogP contribution in [0.1, 0.15) is 19.4 Å². The van der Waals surface area contributed by atoms with Crippen LogP contribution in [0, 0.1) is 5.41 Å². The van der Waals surface area contributed by atoms with Gasteiger partial charge in [-0.1, -0.05) is 30.7 Å². The molecule has 22 heavy (non-hydrogen) atoms. The molecule has 6 heteroatoms. The molecule has 2 N–H and O–H groups in total. The van der Waals surface area contributed by atoms with Crippen LogP contribution < -0.4 is 10.6 Å². The minimum Gasteiger partial charge on any atom is -0.380 e. The van der Waals surface area contributed by atoms with E-state index in [4.69, 9.17) is 16.3 Å². The largest absolute Gasteiger partial charge is 0.380 e. The summed E-state index contributed by atoms with van der Waals surface area (Å²) in [4.78, 5) is 4.65. The highest BCUT2D eigenvalue weighted by molar-refractivity contribution is 14.0. The molecule has 0 saturated carbocycles. The molecular formula is C16H25ClIN3O. The van der Waals surface area contributed by atoms with Gasteiger partial charge >= 0.3 is 0 Å². The topological polar surface area (TPSA) is 45.7 Å². The molecule has 0 radical (unpaired) electrons. The highest BCUT2D eigenvalue weighted by Gasteiger charge is 2.33. The lowest BCUT2D eigenvalue weighted by atomic mass is 9.89. The summed E-state index contributed by atoms with van der Waals surface area (Å²) in [6.07, 6.45) is 0.946. The SMILES string of the molecule is CCNC(=NCC1(C)COC1)NCCc1ccc(Cl)cc1.I. The smallest absolute Gasteiger partial charge is 0.191 e. The van der Waals surface area contributed by atoms with Crippen molar-refractivity contribution in [3.8, 4) is 0 Å². The molecule has 1 aromatic rings. The minimum atomic E-state index is 0. The van der Waals surface area contributed by atoms with E-state index < -0.39 is 0 Å². The number of hydrogen-bond acceptors (Lipinski definition) is 2. The summed E-state index contributed by atoms with van der Waals surface area (Å²) in [5, 5.41) is 7.42. The van der Waals surface area contributed by atoms with E-state index in [1.54, 1.807) is 0 Å². The highest BCUT2D eigenvalue weighted by atomic mass is 127. The van der Waals surface area contributed by atoms with Crippen LogP contribution in [-0.2, 0) is 11.2 Å². The maximum Gasteiger partial charge on any atom is 0.191 e. The number of guanidine groups is 1. The Balaban J connectivity index is 0.00000242. The average molecular weight is 438 g/mol. The minimum absolute atomic E-state index is 0. The highest BCUT2D eigenvalue weighted by Crippen LogP contribution is 2.26. The fraction of sp³-hybridized carbons (Fsp3) is 0.562. The summed E-state index contributed by atoms with van der Waals surface area (Å²) in [5.41, 5.74) is 1.47. The summed E-state index contributed by atoms with van der Waals surface area (Å²) < 4.78 is 5.26. The van der Waals surface area contributed by atoms with Gasteiger partial charge in [-0.3, -0.25) is 4.99 Å². The van der Waals surface area contributed by atoms with E-state index in [1.807, 2.05) is 12.1 Å². The van der Waals surface area contributed by atoms with Crippen molar-refractivity contribution in [3.05, 3.63) is 34.9 Å². The Morgan fingerprint density at radius 2 is 1.95 bits per heavy atom. The fourth-order valence-electron chi connectivity index (χ4n) is 2.13. The molecule has 1 aliphatic rings. The van der Waals surface area contributed by atoms with Crippen LogP contribution in [0.4, 0.5) is 0 Å². The van der Waals surface area contributed by atoms with Gasteiger partial charge < -0.3 is 15.4 Å². The summed E-state index contributed by atoms with van der Waals surface area (Å²) in [7, 11) is 0. The fourth-order valence-corrected chi connectivity index (χ4v) is 2.26. The van der Waals surface area contributed by atoms with E-state index >= 15 is 0 Å². The molecular weight excluding hydrogens is 413 g/mol. The molecule has 1 saturated heterocycles. The van der Waals surface area contributed by atoms with Gasteiger partial charge in [0, 0.05) is 23.5 Å². The monoisotopic (exact) mass is 437 g/mol. The van der Waals surface area contributed by atoms with Gasteiger partial charge in [-0.2, -0.15) is 0 Å². The molecule has 0 atom stereocenters. The van der Waals surface area contributed by atoms with E-state index in [9.17, 15) is 0 Å². The van der Waals surface area contributed by atoms with Crippen LogP contribution in [0.3, 0.4) is 0 Å². The Morgan fingerprint density at radius 1 is 1.27 bits per heavy atom. The molecule has 1 fully saturated rings. The van der Waals surface area contributed by atoms with Crippen molar-refractivity contribution in [1.82, 2.24) is 10.6 Å². The molecule has 1 aliphatic heterocycles. The molecule has 0 aromatic heterocycles. The molecule has 0 unspecified atom stereocenters. The van der Waals surface area contributed by atoms with E-state index in [1.165, 1.54) is 5.56 Å². The first kappa shape index (κ1) is 19.5.